The fourth-order valence-corrected chi connectivity index (χ4v) is 6.54. The van der Waals surface area contributed by atoms with Gasteiger partial charge in [0, 0.05) is 0 Å². The molecule has 0 spiro atoms. The lowest BCUT2D eigenvalue weighted by Gasteiger charge is -2.38. The van der Waals surface area contributed by atoms with E-state index in [4.69, 9.17) is 9.47 Å². The van der Waals surface area contributed by atoms with Crippen LogP contribution in [0.4, 0.5) is 0 Å². The van der Waals surface area contributed by atoms with E-state index in [9.17, 15) is 4.79 Å². The molecule has 0 aliphatic heterocycles. The summed E-state index contributed by atoms with van der Waals surface area (Å²) in [4.78, 5) is 10.2. The van der Waals surface area contributed by atoms with E-state index in [0.717, 1.165) is 54.5 Å². The first kappa shape index (κ1) is 13.1. The maximum absolute atomic E-state index is 10.2. The minimum absolute atomic E-state index is 0.388. The molecule has 3 heteroatoms. The molecule has 8 atom stereocenters. The quantitative estimate of drug-likeness (QED) is 0.425. The Balaban J connectivity index is 1.31. The summed E-state index contributed by atoms with van der Waals surface area (Å²) in [6.07, 6.45) is 8.33. The van der Waals surface area contributed by atoms with Gasteiger partial charge in [-0.15, -0.1) is 0 Å². The van der Waals surface area contributed by atoms with E-state index in [-0.39, 0.29) is 6.29 Å². The number of hydrogen-bond donors (Lipinski definition) is 0. The van der Waals surface area contributed by atoms with E-state index >= 15 is 0 Å². The van der Waals surface area contributed by atoms with Crippen molar-refractivity contribution < 1.29 is 14.3 Å². The van der Waals surface area contributed by atoms with Crippen molar-refractivity contribution in [3.8, 4) is 0 Å². The van der Waals surface area contributed by atoms with Gasteiger partial charge in [-0.3, -0.25) is 4.79 Å². The van der Waals surface area contributed by atoms with E-state index in [2.05, 4.69) is 0 Å². The van der Waals surface area contributed by atoms with E-state index in [0.29, 0.717) is 6.47 Å². The Morgan fingerprint density at radius 3 is 2.70 bits per heavy atom. The molecule has 20 heavy (non-hydrogen) atoms. The number of carbonyl (C=O) groups is 1. The predicted octanol–water partition coefficient (Wildman–Crippen LogP) is 3.23. The van der Waals surface area contributed by atoms with Crippen molar-refractivity contribution in [1.29, 1.82) is 0 Å². The molecule has 3 nitrogen and oxygen atoms in total. The van der Waals surface area contributed by atoms with Crippen LogP contribution in [0.25, 0.3) is 0 Å². The minimum Gasteiger partial charge on any atom is -0.438 e. The number of hydrogen-bond acceptors (Lipinski definition) is 3. The van der Waals surface area contributed by atoms with Crippen molar-refractivity contribution in [1.82, 2.24) is 0 Å². The fourth-order valence-electron chi connectivity index (χ4n) is 6.54. The Morgan fingerprint density at radius 2 is 1.90 bits per heavy atom. The zero-order valence-corrected chi connectivity index (χ0v) is 12.4. The van der Waals surface area contributed by atoms with Crippen LogP contribution in [0.1, 0.15) is 45.4 Å². The summed E-state index contributed by atoms with van der Waals surface area (Å²) in [6.45, 7) is 3.01. The third kappa shape index (κ3) is 1.93. The van der Waals surface area contributed by atoms with Crippen LogP contribution in [-0.4, -0.2) is 19.4 Å². The van der Waals surface area contributed by atoms with Crippen molar-refractivity contribution in [2.45, 2.75) is 51.7 Å². The Labute approximate surface area is 121 Å². The minimum atomic E-state index is -0.388. The summed E-state index contributed by atoms with van der Waals surface area (Å²) < 4.78 is 10.3. The molecule has 4 bridgehead atoms. The lowest BCUT2D eigenvalue weighted by atomic mass is 9.67. The predicted molar refractivity (Wildman–Crippen MR) is 74.7 cm³/mol. The number of fused-ring (bicyclic) bond motifs is 9. The van der Waals surface area contributed by atoms with Gasteiger partial charge in [0.2, 0.25) is 0 Å². The highest BCUT2D eigenvalue weighted by atomic mass is 16.7. The summed E-state index contributed by atoms with van der Waals surface area (Å²) in [6, 6.07) is 0. The first-order valence-corrected chi connectivity index (χ1v) is 8.48. The Hall–Kier alpha value is -0.570. The van der Waals surface area contributed by atoms with Gasteiger partial charge in [-0.1, -0.05) is 0 Å². The van der Waals surface area contributed by atoms with E-state index in [1.807, 2.05) is 0 Å². The molecule has 0 aromatic carbocycles. The molecule has 0 saturated heterocycles. The molecule has 0 aromatic heterocycles. The Kier molecular flexibility index (Phi) is 3.29. The maximum Gasteiger partial charge on any atom is 0.295 e. The molecule has 0 N–H and O–H groups in total. The molecular weight excluding hydrogens is 252 g/mol. The zero-order valence-electron chi connectivity index (χ0n) is 12.4. The summed E-state index contributed by atoms with van der Waals surface area (Å²) in [5, 5.41) is 0. The molecule has 4 aliphatic carbocycles. The van der Waals surface area contributed by atoms with Crippen molar-refractivity contribution in [3.63, 3.8) is 0 Å². The lowest BCUT2D eigenvalue weighted by molar-refractivity contribution is -0.160. The topological polar surface area (TPSA) is 35.5 Å². The molecule has 0 radical (unpaired) electrons. The second kappa shape index (κ2) is 5.01. The molecule has 0 aromatic rings. The standard InChI is InChI=1S/C17H26O3/c1-10(20-9-18)19-5-4-11-6-14-8-15(11)17-13-3-2-12(7-13)16(14)17/h9-17H,2-8H2,1H3/t10?,11?,12?,13?,14-,15?,16?,17?/m0/s1. The van der Waals surface area contributed by atoms with E-state index in [1.54, 1.807) is 13.3 Å². The van der Waals surface area contributed by atoms with Crippen LogP contribution in [0.15, 0.2) is 0 Å². The average Bonchev–Trinajstić information content (AvgIpc) is 3.17. The molecular formula is C17H26O3. The van der Waals surface area contributed by atoms with Crippen LogP contribution in [0.5, 0.6) is 0 Å². The summed E-state index contributed by atoms with van der Waals surface area (Å²) in [7, 11) is 0. The molecule has 112 valence electrons. The van der Waals surface area contributed by atoms with Crippen LogP contribution in [0.2, 0.25) is 0 Å². The molecule has 0 amide bonds. The van der Waals surface area contributed by atoms with Gasteiger partial charge in [-0.2, -0.15) is 0 Å². The van der Waals surface area contributed by atoms with Crippen molar-refractivity contribution in [2.75, 3.05) is 6.61 Å². The molecule has 4 aliphatic rings. The van der Waals surface area contributed by atoms with E-state index in [1.165, 1.54) is 25.7 Å². The smallest absolute Gasteiger partial charge is 0.295 e. The van der Waals surface area contributed by atoms with Gasteiger partial charge in [0.05, 0.1) is 6.61 Å². The number of ether oxygens (including phenoxy) is 2. The van der Waals surface area contributed by atoms with Gasteiger partial charge in [0.25, 0.3) is 6.47 Å². The third-order valence-corrected chi connectivity index (χ3v) is 6.96. The second-order valence-electron chi connectivity index (χ2n) is 7.60. The van der Waals surface area contributed by atoms with Crippen molar-refractivity contribution in [2.24, 2.45) is 41.4 Å². The van der Waals surface area contributed by atoms with Crippen LogP contribution >= 0.6 is 0 Å². The molecule has 7 unspecified atom stereocenters. The number of carbonyl (C=O) groups excluding carboxylic acids is 1. The second-order valence-corrected chi connectivity index (χ2v) is 7.60. The normalized spacial score (nSPS) is 49.4. The van der Waals surface area contributed by atoms with E-state index < -0.39 is 0 Å². The lowest BCUT2D eigenvalue weighted by Crippen LogP contribution is -2.33. The Morgan fingerprint density at radius 1 is 1.10 bits per heavy atom. The highest BCUT2D eigenvalue weighted by molar-refractivity contribution is 5.37. The summed E-state index contributed by atoms with van der Waals surface area (Å²) >= 11 is 0. The first-order valence-electron chi connectivity index (χ1n) is 8.48. The molecule has 4 fully saturated rings. The zero-order chi connectivity index (χ0) is 13.7. The van der Waals surface area contributed by atoms with Gasteiger partial charge in [0.1, 0.15) is 0 Å². The highest BCUT2D eigenvalue weighted by Gasteiger charge is 2.61. The third-order valence-electron chi connectivity index (χ3n) is 6.96. The monoisotopic (exact) mass is 278 g/mol. The molecule has 0 heterocycles. The largest absolute Gasteiger partial charge is 0.438 e. The van der Waals surface area contributed by atoms with Gasteiger partial charge in [-0.05, 0) is 86.9 Å². The molecule has 4 rings (SSSR count). The SMILES string of the molecule is CC(OC=O)OCCC1C[C@H]2CC1C1C3CCC(C3)C12. The Bertz CT molecular complexity index is 382. The van der Waals surface area contributed by atoms with Gasteiger partial charge in [-0.25, -0.2) is 0 Å². The summed E-state index contributed by atoms with van der Waals surface area (Å²) in [5.74, 6) is 7.25. The fraction of sp³-hybridized carbons (Fsp3) is 0.941. The van der Waals surface area contributed by atoms with Crippen LogP contribution in [-0.2, 0) is 14.3 Å². The van der Waals surface area contributed by atoms with Crippen LogP contribution in [0, 0.1) is 41.4 Å². The summed E-state index contributed by atoms with van der Waals surface area (Å²) in [5.41, 5.74) is 0. The van der Waals surface area contributed by atoms with Crippen molar-refractivity contribution >= 4 is 6.47 Å². The number of rotatable bonds is 6. The average molecular weight is 278 g/mol. The first-order chi connectivity index (χ1) is 9.78. The van der Waals surface area contributed by atoms with Crippen LogP contribution < -0.4 is 0 Å². The van der Waals surface area contributed by atoms with Gasteiger partial charge in [0.15, 0.2) is 6.29 Å². The van der Waals surface area contributed by atoms with Gasteiger partial charge < -0.3 is 9.47 Å². The van der Waals surface area contributed by atoms with Gasteiger partial charge >= 0.3 is 0 Å². The highest BCUT2D eigenvalue weighted by Crippen LogP contribution is 2.69. The van der Waals surface area contributed by atoms with Crippen LogP contribution in [0.3, 0.4) is 0 Å². The molecule has 4 saturated carbocycles. The maximum atomic E-state index is 10.2. The van der Waals surface area contributed by atoms with Crippen molar-refractivity contribution in [3.05, 3.63) is 0 Å².